The lowest BCUT2D eigenvalue weighted by atomic mass is 10.1. The number of carbonyl (C=O) groups is 2. The van der Waals surface area contributed by atoms with Crippen LogP contribution in [0.4, 0.5) is 0 Å². The van der Waals surface area contributed by atoms with E-state index in [0.717, 1.165) is 6.42 Å². The molecule has 5 nitrogen and oxygen atoms in total. The van der Waals surface area contributed by atoms with Gasteiger partial charge in [0, 0.05) is 31.8 Å². The van der Waals surface area contributed by atoms with Crippen molar-refractivity contribution in [1.29, 1.82) is 0 Å². The van der Waals surface area contributed by atoms with E-state index in [-0.39, 0.29) is 11.8 Å². The van der Waals surface area contributed by atoms with Crippen molar-refractivity contribution in [2.75, 3.05) is 33.4 Å². The number of carbonyl (C=O) groups excluding carboxylic acids is 2. The molecule has 144 valence electrons. The van der Waals surface area contributed by atoms with Crippen LogP contribution >= 0.6 is 23.2 Å². The van der Waals surface area contributed by atoms with Gasteiger partial charge in [-0.25, -0.2) is 0 Å². The fourth-order valence-corrected chi connectivity index (χ4v) is 3.60. The van der Waals surface area contributed by atoms with Crippen LogP contribution in [0, 0.1) is 5.92 Å². The van der Waals surface area contributed by atoms with Crippen LogP contribution in [0.1, 0.15) is 37.0 Å². The third kappa shape index (κ3) is 5.12. The first-order valence-electron chi connectivity index (χ1n) is 8.89. The second-order valence-electron chi connectivity index (χ2n) is 6.95. The predicted octanol–water partition coefficient (Wildman–Crippen LogP) is 3.73. The van der Waals surface area contributed by atoms with Gasteiger partial charge in [-0.3, -0.25) is 9.59 Å². The molecular formula is C19H26Cl2N2O3. The lowest BCUT2D eigenvalue weighted by Gasteiger charge is -2.31. The number of hydrogen-bond acceptors (Lipinski definition) is 3. The Balaban J connectivity index is 2.20. The summed E-state index contributed by atoms with van der Waals surface area (Å²) < 4.78 is 5.13. The molecule has 1 aliphatic heterocycles. The monoisotopic (exact) mass is 400 g/mol. The van der Waals surface area contributed by atoms with E-state index in [9.17, 15) is 9.59 Å². The van der Waals surface area contributed by atoms with Crippen molar-refractivity contribution < 1.29 is 14.3 Å². The molecule has 2 amide bonds. The van der Waals surface area contributed by atoms with E-state index < -0.39 is 6.04 Å². The second kappa shape index (κ2) is 9.58. The van der Waals surface area contributed by atoms with E-state index >= 15 is 0 Å². The largest absolute Gasteiger partial charge is 0.383 e. The third-order valence-electron chi connectivity index (χ3n) is 4.42. The zero-order valence-corrected chi connectivity index (χ0v) is 17.0. The SMILES string of the molecule is COCCN(CC(C)C)C(=O)C1CCCN1C(=O)c1cc(Cl)ccc1Cl. The van der Waals surface area contributed by atoms with Gasteiger partial charge < -0.3 is 14.5 Å². The lowest BCUT2D eigenvalue weighted by molar-refractivity contribution is -0.136. The maximum Gasteiger partial charge on any atom is 0.256 e. The Morgan fingerprint density at radius 2 is 2.08 bits per heavy atom. The fraction of sp³-hybridized carbons (Fsp3) is 0.579. The Bertz CT molecular complexity index is 652. The highest BCUT2D eigenvalue weighted by Gasteiger charge is 2.37. The first-order chi connectivity index (χ1) is 12.3. The summed E-state index contributed by atoms with van der Waals surface area (Å²) in [6.07, 6.45) is 1.45. The summed E-state index contributed by atoms with van der Waals surface area (Å²) in [6, 6.07) is 4.34. The van der Waals surface area contributed by atoms with Crippen molar-refractivity contribution in [2.45, 2.75) is 32.7 Å². The molecule has 1 fully saturated rings. The number of methoxy groups -OCH3 is 1. The maximum absolute atomic E-state index is 13.1. The Morgan fingerprint density at radius 1 is 1.35 bits per heavy atom. The fourth-order valence-electron chi connectivity index (χ4n) is 3.23. The number of nitrogens with zero attached hydrogens (tertiary/aromatic N) is 2. The normalized spacial score (nSPS) is 17.0. The molecule has 0 aromatic heterocycles. The molecule has 0 saturated carbocycles. The van der Waals surface area contributed by atoms with Gasteiger partial charge in [0.2, 0.25) is 5.91 Å². The van der Waals surface area contributed by atoms with Gasteiger partial charge in [-0.2, -0.15) is 0 Å². The van der Waals surface area contributed by atoms with Gasteiger partial charge in [-0.15, -0.1) is 0 Å². The molecule has 0 spiro atoms. The van der Waals surface area contributed by atoms with Crippen LogP contribution in [0.3, 0.4) is 0 Å². The zero-order chi connectivity index (χ0) is 19.3. The van der Waals surface area contributed by atoms with Crippen LogP contribution in [-0.2, 0) is 9.53 Å². The molecule has 1 atom stereocenters. The number of amides is 2. The molecule has 1 unspecified atom stereocenters. The maximum atomic E-state index is 13.1. The molecule has 1 aliphatic rings. The average molecular weight is 401 g/mol. The molecular weight excluding hydrogens is 375 g/mol. The van der Waals surface area contributed by atoms with Crippen molar-refractivity contribution in [3.63, 3.8) is 0 Å². The van der Waals surface area contributed by atoms with Crippen molar-refractivity contribution in [3.8, 4) is 0 Å². The summed E-state index contributed by atoms with van der Waals surface area (Å²) in [5.74, 6) is 0.0630. The second-order valence-corrected chi connectivity index (χ2v) is 7.80. The summed E-state index contributed by atoms with van der Waals surface area (Å²) in [5.41, 5.74) is 0.339. The van der Waals surface area contributed by atoms with Crippen LogP contribution < -0.4 is 0 Å². The van der Waals surface area contributed by atoms with Gasteiger partial charge in [0.1, 0.15) is 6.04 Å². The summed E-state index contributed by atoms with van der Waals surface area (Å²) in [6.45, 7) is 6.30. The number of rotatable bonds is 7. The van der Waals surface area contributed by atoms with Crippen molar-refractivity contribution >= 4 is 35.0 Å². The molecule has 1 heterocycles. The Kier molecular flexibility index (Phi) is 7.74. The molecule has 7 heteroatoms. The smallest absolute Gasteiger partial charge is 0.256 e. The number of benzene rings is 1. The van der Waals surface area contributed by atoms with E-state index in [2.05, 4.69) is 13.8 Å². The van der Waals surface area contributed by atoms with E-state index in [1.807, 2.05) is 0 Å². The first kappa shape index (κ1) is 21.0. The highest BCUT2D eigenvalue weighted by molar-refractivity contribution is 6.35. The van der Waals surface area contributed by atoms with E-state index in [1.54, 1.807) is 35.1 Å². The molecule has 26 heavy (non-hydrogen) atoms. The topological polar surface area (TPSA) is 49.9 Å². The molecule has 0 bridgehead atoms. The van der Waals surface area contributed by atoms with Gasteiger partial charge in [-0.05, 0) is 37.0 Å². The molecule has 2 rings (SSSR count). The average Bonchev–Trinajstić information content (AvgIpc) is 3.08. The van der Waals surface area contributed by atoms with Gasteiger partial charge in [0.25, 0.3) is 5.91 Å². The predicted molar refractivity (Wildman–Crippen MR) is 104 cm³/mol. The van der Waals surface area contributed by atoms with Gasteiger partial charge >= 0.3 is 0 Å². The van der Waals surface area contributed by atoms with Crippen LogP contribution in [0.2, 0.25) is 10.0 Å². The van der Waals surface area contributed by atoms with E-state index in [4.69, 9.17) is 27.9 Å². The Morgan fingerprint density at radius 3 is 2.73 bits per heavy atom. The first-order valence-corrected chi connectivity index (χ1v) is 9.64. The van der Waals surface area contributed by atoms with Crippen LogP contribution in [-0.4, -0.2) is 61.0 Å². The molecule has 1 saturated heterocycles. The standard InChI is InChI=1S/C19H26Cl2N2O3/c1-13(2)12-22(9-10-26-3)19(25)17-5-4-8-23(17)18(24)15-11-14(20)6-7-16(15)21/h6-7,11,13,17H,4-5,8-10,12H2,1-3H3. The van der Waals surface area contributed by atoms with Crippen LogP contribution in [0.15, 0.2) is 18.2 Å². The minimum absolute atomic E-state index is 0.0280. The number of ether oxygens (including phenoxy) is 1. The Hall–Kier alpha value is -1.30. The minimum atomic E-state index is -0.465. The van der Waals surface area contributed by atoms with Crippen LogP contribution in [0.25, 0.3) is 0 Å². The summed E-state index contributed by atoms with van der Waals surface area (Å²) in [7, 11) is 1.62. The van der Waals surface area contributed by atoms with E-state index in [0.29, 0.717) is 54.2 Å². The molecule has 0 N–H and O–H groups in total. The van der Waals surface area contributed by atoms with Crippen molar-refractivity contribution in [2.24, 2.45) is 5.92 Å². The van der Waals surface area contributed by atoms with Crippen LogP contribution in [0.5, 0.6) is 0 Å². The molecule has 1 aromatic rings. The van der Waals surface area contributed by atoms with Gasteiger partial charge in [0.05, 0.1) is 17.2 Å². The Labute approximate surface area is 165 Å². The zero-order valence-electron chi connectivity index (χ0n) is 15.5. The molecule has 0 aliphatic carbocycles. The summed E-state index contributed by atoms with van der Waals surface area (Å²) in [4.78, 5) is 29.5. The van der Waals surface area contributed by atoms with Gasteiger partial charge in [-0.1, -0.05) is 37.0 Å². The minimum Gasteiger partial charge on any atom is -0.383 e. The number of halogens is 2. The summed E-state index contributed by atoms with van der Waals surface area (Å²) >= 11 is 12.2. The summed E-state index contributed by atoms with van der Waals surface area (Å²) in [5, 5.41) is 0.789. The van der Waals surface area contributed by atoms with E-state index in [1.165, 1.54) is 0 Å². The molecule has 1 aromatic carbocycles. The van der Waals surface area contributed by atoms with Crippen molar-refractivity contribution in [1.82, 2.24) is 9.80 Å². The highest BCUT2D eigenvalue weighted by atomic mass is 35.5. The number of hydrogen-bond donors (Lipinski definition) is 0. The van der Waals surface area contributed by atoms with Crippen molar-refractivity contribution in [3.05, 3.63) is 33.8 Å². The third-order valence-corrected chi connectivity index (χ3v) is 4.98. The van der Waals surface area contributed by atoms with Gasteiger partial charge in [0.15, 0.2) is 0 Å². The lowest BCUT2D eigenvalue weighted by Crippen LogP contribution is -2.49. The quantitative estimate of drug-likeness (QED) is 0.700. The highest BCUT2D eigenvalue weighted by Crippen LogP contribution is 2.27. The number of likely N-dealkylation sites (tertiary alicyclic amines) is 1. The molecule has 0 radical (unpaired) electrons.